The zero-order chi connectivity index (χ0) is 10.5. The average Bonchev–Trinajstić information content (AvgIpc) is 2.32. The molecule has 0 radical (unpaired) electrons. The number of hydrogen-bond donors (Lipinski definition) is 1. The Morgan fingerprint density at radius 2 is 1.93 bits per heavy atom. The average molecular weight is 224 g/mol. The van der Waals surface area contributed by atoms with Gasteiger partial charge in [-0.1, -0.05) is 0 Å². The van der Waals surface area contributed by atoms with E-state index < -0.39 is 0 Å². The predicted molar refractivity (Wildman–Crippen MR) is 64.3 cm³/mol. The van der Waals surface area contributed by atoms with E-state index in [0.29, 0.717) is 6.54 Å². The van der Waals surface area contributed by atoms with E-state index in [4.69, 9.17) is 5.73 Å². The first-order chi connectivity index (χ1) is 7.40. The molecule has 1 saturated heterocycles. The van der Waals surface area contributed by atoms with Gasteiger partial charge >= 0.3 is 0 Å². The highest BCUT2D eigenvalue weighted by Crippen LogP contribution is 2.14. The van der Waals surface area contributed by atoms with Gasteiger partial charge in [-0.25, -0.2) is 9.97 Å². The molecule has 0 unspecified atom stereocenters. The topological polar surface area (TPSA) is 55.0 Å². The molecule has 0 aromatic carbocycles. The van der Waals surface area contributed by atoms with Crippen molar-refractivity contribution in [3.8, 4) is 0 Å². The minimum atomic E-state index is 0.656. The van der Waals surface area contributed by atoms with Crippen LogP contribution in [0, 0.1) is 0 Å². The van der Waals surface area contributed by atoms with Crippen molar-refractivity contribution < 1.29 is 0 Å². The lowest BCUT2D eigenvalue weighted by Gasteiger charge is -2.26. The Balaban J connectivity index is 2.02. The van der Waals surface area contributed by atoms with E-state index in [1.54, 1.807) is 0 Å². The van der Waals surface area contributed by atoms with Gasteiger partial charge in [0.1, 0.15) is 0 Å². The van der Waals surface area contributed by atoms with Gasteiger partial charge in [-0.2, -0.15) is 11.8 Å². The first-order valence-electron chi connectivity index (χ1n) is 5.24. The van der Waals surface area contributed by atoms with E-state index in [2.05, 4.69) is 14.9 Å². The van der Waals surface area contributed by atoms with Crippen molar-refractivity contribution in [1.29, 1.82) is 0 Å². The summed E-state index contributed by atoms with van der Waals surface area (Å²) in [4.78, 5) is 11.0. The molecule has 0 aliphatic carbocycles. The van der Waals surface area contributed by atoms with Crippen molar-refractivity contribution in [1.82, 2.24) is 9.97 Å². The monoisotopic (exact) mass is 224 g/mol. The van der Waals surface area contributed by atoms with E-state index in [1.807, 2.05) is 24.2 Å². The molecular formula is C10H16N4S. The van der Waals surface area contributed by atoms with Crippen molar-refractivity contribution >= 4 is 17.7 Å². The molecule has 15 heavy (non-hydrogen) atoms. The lowest BCUT2D eigenvalue weighted by atomic mass is 10.2. The SMILES string of the molecule is NCCc1cnc(N2CCSCC2)nc1. The van der Waals surface area contributed by atoms with Gasteiger partial charge in [0.2, 0.25) is 5.95 Å². The van der Waals surface area contributed by atoms with Crippen LogP contribution in [0.3, 0.4) is 0 Å². The fourth-order valence-electron chi connectivity index (χ4n) is 1.57. The van der Waals surface area contributed by atoms with Gasteiger partial charge in [0, 0.05) is 37.0 Å². The highest BCUT2D eigenvalue weighted by Gasteiger charge is 2.12. The molecule has 1 fully saturated rings. The highest BCUT2D eigenvalue weighted by molar-refractivity contribution is 7.99. The fraction of sp³-hybridized carbons (Fsp3) is 0.600. The minimum absolute atomic E-state index is 0.656. The summed E-state index contributed by atoms with van der Waals surface area (Å²) >= 11 is 1.99. The maximum Gasteiger partial charge on any atom is 0.225 e. The number of nitrogens with two attached hydrogens (primary N) is 1. The molecule has 0 spiro atoms. The van der Waals surface area contributed by atoms with Crippen molar-refractivity contribution in [3.63, 3.8) is 0 Å². The third-order valence-electron chi connectivity index (χ3n) is 2.42. The Hall–Kier alpha value is -0.810. The lowest BCUT2D eigenvalue weighted by Crippen LogP contribution is -2.33. The second-order valence-electron chi connectivity index (χ2n) is 3.53. The molecule has 2 rings (SSSR count). The Morgan fingerprint density at radius 3 is 2.53 bits per heavy atom. The van der Waals surface area contributed by atoms with Gasteiger partial charge in [-0.3, -0.25) is 0 Å². The molecule has 0 saturated carbocycles. The molecule has 1 aliphatic heterocycles. The fourth-order valence-corrected chi connectivity index (χ4v) is 2.47. The van der Waals surface area contributed by atoms with E-state index >= 15 is 0 Å². The summed E-state index contributed by atoms with van der Waals surface area (Å²) in [6, 6.07) is 0. The number of aromatic nitrogens is 2. The van der Waals surface area contributed by atoms with Gasteiger partial charge in [0.05, 0.1) is 0 Å². The molecule has 4 nitrogen and oxygen atoms in total. The normalized spacial score (nSPS) is 16.7. The Kier molecular flexibility index (Phi) is 3.80. The molecule has 2 heterocycles. The van der Waals surface area contributed by atoms with E-state index in [1.165, 1.54) is 11.5 Å². The molecule has 0 bridgehead atoms. The van der Waals surface area contributed by atoms with Crippen molar-refractivity contribution in [2.45, 2.75) is 6.42 Å². The van der Waals surface area contributed by atoms with Crippen LogP contribution in [0.2, 0.25) is 0 Å². The van der Waals surface area contributed by atoms with Gasteiger partial charge in [0.25, 0.3) is 0 Å². The predicted octanol–water partition coefficient (Wildman–Crippen LogP) is 0.531. The summed E-state index contributed by atoms with van der Waals surface area (Å²) in [5, 5.41) is 0. The van der Waals surface area contributed by atoms with E-state index in [0.717, 1.165) is 31.0 Å². The van der Waals surface area contributed by atoms with Gasteiger partial charge in [-0.15, -0.1) is 0 Å². The lowest BCUT2D eigenvalue weighted by molar-refractivity contribution is 0.809. The minimum Gasteiger partial charge on any atom is -0.339 e. The molecule has 5 heteroatoms. The van der Waals surface area contributed by atoms with Gasteiger partial charge in [0.15, 0.2) is 0 Å². The Morgan fingerprint density at radius 1 is 1.27 bits per heavy atom. The Labute approximate surface area is 94.3 Å². The standard InChI is InChI=1S/C10H16N4S/c11-2-1-9-7-12-10(13-8-9)14-3-5-15-6-4-14/h7-8H,1-6,11H2. The number of hydrogen-bond acceptors (Lipinski definition) is 5. The zero-order valence-electron chi connectivity index (χ0n) is 8.72. The summed E-state index contributed by atoms with van der Waals surface area (Å²) in [5.41, 5.74) is 6.59. The number of rotatable bonds is 3. The summed E-state index contributed by atoms with van der Waals surface area (Å²) in [7, 11) is 0. The van der Waals surface area contributed by atoms with Crippen LogP contribution in [0.15, 0.2) is 12.4 Å². The van der Waals surface area contributed by atoms with Crippen LogP contribution in [0.4, 0.5) is 5.95 Å². The second-order valence-corrected chi connectivity index (χ2v) is 4.75. The largest absolute Gasteiger partial charge is 0.339 e. The van der Waals surface area contributed by atoms with Crippen molar-refractivity contribution in [2.75, 3.05) is 36.0 Å². The van der Waals surface area contributed by atoms with Crippen LogP contribution in [0.25, 0.3) is 0 Å². The molecule has 0 amide bonds. The molecular weight excluding hydrogens is 208 g/mol. The van der Waals surface area contributed by atoms with E-state index in [-0.39, 0.29) is 0 Å². The smallest absolute Gasteiger partial charge is 0.225 e. The van der Waals surface area contributed by atoms with Crippen LogP contribution in [0.5, 0.6) is 0 Å². The quantitative estimate of drug-likeness (QED) is 0.811. The highest BCUT2D eigenvalue weighted by atomic mass is 32.2. The van der Waals surface area contributed by atoms with Crippen LogP contribution in [-0.4, -0.2) is 41.1 Å². The van der Waals surface area contributed by atoms with Crippen LogP contribution >= 0.6 is 11.8 Å². The number of nitrogens with zero attached hydrogens (tertiary/aromatic N) is 3. The summed E-state index contributed by atoms with van der Waals surface area (Å²) in [6.45, 7) is 2.77. The first-order valence-corrected chi connectivity index (χ1v) is 6.39. The molecule has 1 aromatic rings. The van der Waals surface area contributed by atoms with Gasteiger partial charge < -0.3 is 10.6 Å². The molecule has 82 valence electrons. The third-order valence-corrected chi connectivity index (χ3v) is 3.36. The molecule has 1 aromatic heterocycles. The van der Waals surface area contributed by atoms with Crippen LogP contribution < -0.4 is 10.6 Å². The second kappa shape index (κ2) is 5.32. The van der Waals surface area contributed by atoms with Crippen LogP contribution in [-0.2, 0) is 6.42 Å². The maximum absolute atomic E-state index is 5.47. The summed E-state index contributed by atoms with van der Waals surface area (Å²) in [6.07, 6.45) is 4.63. The number of anilines is 1. The molecule has 2 N–H and O–H groups in total. The summed E-state index contributed by atoms with van der Waals surface area (Å²) in [5.74, 6) is 3.21. The third kappa shape index (κ3) is 2.82. The van der Waals surface area contributed by atoms with Crippen molar-refractivity contribution in [2.24, 2.45) is 5.73 Å². The Bertz CT molecular complexity index is 295. The maximum atomic E-state index is 5.47. The van der Waals surface area contributed by atoms with Gasteiger partial charge in [-0.05, 0) is 18.5 Å². The molecule has 1 aliphatic rings. The zero-order valence-corrected chi connectivity index (χ0v) is 9.54. The number of thioether (sulfide) groups is 1. The van der Waals surface area contributed by atoms with E-state index in [9.17, 15) is 0 Å². The first kappa shape index (κ1) is 10.7. The van der Waals surface area contributed by atoms with Crippen LogP contribution in [0.1, 0.15) is 5.56 Å². The summed E-state index contributed by atoms with van der Waals surface area (Å²) < 4.78 is 0. The molecule has 0 atom stereocenters. The van der Waals surface area contributed by atoms with Crippen molar-refractivity contribution in [3.05, 3.63) is 18.0 Å².